The Balaban J connectivity index is 1.51. The second-order valence-electron chi connectivity index (χ2n) is 7.17. The van der Waals surface area contributed by atoms with E-state index < -0.39 is 5.97 Å². The van der Waals surface area contributed by atoms with E-state index in [9.17, 15) is 9.59 Å². The van der Waals surface area contributed by atoms with E-state index in [0.717, 1.165) is 16.7 Å². The molecule has 0 amide bonds. The topological polar surface area (TPSA) is 65.7 Å². The van der Waals surface area contributed by atoms with Gasteiger partial charge in [0, 0.05) is 12.1 Å². The zero-order valence-corrected chi connectivity index (χ0v) is 17.1. The summed E-state index contributed by atoms with van der Waals surface area (Å²) >= 11 is 0. The van der Waals surface area contributed by atoms with Gasteiger partial charge >= 0.3 is 5.97 Å². The van der Waals surface area contributed by atoms with Gasteiger partial charge < -0.3 is 13.9 Å². The number of aryl methyl sites for hydroxylation is 2. The summed E-state index contributed by atoms with van der Waals surface area (Å²) in [4.78, 5) is 24.8. The monoisotopic (exact) mass is 412 g/mol. The summed E-state index contributed by atoms with van der Waals surface area (Å²) in [6.07, 6.45) is 4.29. The van der Waals surface area contributed by atoms with E-state index in [4.69, 9.17) is 13.9 Å². The largest absolute Gasteiger partial charge is 0.460 e. The highest BCUT2D eigenvalue weighted by Crippen LogP contribution is 2.24. The van der Waals surface area contributed by atoms with Crippen LogP contribution in [0.3, 0.4) is 0 Å². The molecule has 0 N–H and O–H groups in total. The zero-order chi connectivity index (χ0) is 21.8. The molecule has 1 heterocycles. The van der Waals surface area contributed by atoms with Crippen molar-refractivity contribution in [2.24, 2.45) is 0 Å². The van der Waals surface area contributed by atoms with Gasteiger partial charge in [0.25, 0.3) is 0 Å². The van der Waals surface area contributed by atoms with Crippen LogP contribution < -0.4 is 14.9 Å². The molecular weight excluding hydrogens is 392 g/mol. The van der Waals surface area contributed by atoms with Gasteiger partial charge in [-0.05, 0) is 55.3 Å². The molecule has 5 heteroatoms. The van der Waals surface area contributed by atoms with Gasteiger partial charge in [0.2, 0.25) is 11.2 Å². The quantitative estimate of drug-likeness (QED) is 0.235. The molecule has 0 atom stereocenters. The van der Waals surface area contributed by atoms with Crippen molar-refractivity contribution in [3.05, 3.63) is 106 Å². The van der Waals surface area contributed by atoms with Crippen LogP contribution in [-0.4, -0.2) is 5.97 Å². The van der Waals surface area contributed by atoms with Crippen molar-refractivity contribution in [3.63, 3.8) is 0 Å². The summed E-state index contributed by atoms with van der Waals surface area (Å²) in [7, 11) is 0. The lowest BCUT2D eigenvalue weighted by atomic mass is 10.1. The van der Waals surface area contributed by atoms with Crippen molar-refractivity contribution in [1.29, 1.82) is 0 Å². The minimum Gasteiger partial charge on any atom is -0.460 e. The minimum atomic E-state index is -0.526. The Hall–Kier alpha value is -4.12. The molecular formula is C26H20O5. The number of carbonyl (C=O) groups is 1. The zero-order valence-electron chi connectivity index (χ0n) is 17.1. The minimum absolute atomic E-state index is 0.0869. The van der Waals surface area contributed by atoms with Gasteiger partial charge in [-0.25, -0.2) is 4.79 Å². The summed E-state index contributed by atoms with van der Waals surface area (Å²) in [6, 6.07) is 19.8. The summed E-state index contributed by atoms with van der Waals surface area (Å²) in [5, 5.41) is 0.333. The fourth-order valence-electron chi connectivity index (χ4n) is 3.02. The summed E-state index contributed by atoms with van der Waals surface area (Å²) in [6.45, 7) is 3.94. The molecule has 0 bridgehead atoms. The Bertz CT molecular complexity index is 1330. The highest BCUT2D eigenvalue weighted by molar-refractivity contribution is 5.89. The number of carbonyl (C=O) groups excluding carboxylic acids is 1. The van der Waals surface area contributed by atoms with Gasteiger partial charge in [-0.15, -0.1) is 0 Å². The van der Waals surface area contributed by atoms with Crippen LogP contribution in [0, 0.1) is 13.8 Å². The van der Waals surface area contributed by atoms with Gasteiger partial charge in [0.05, 0.1) is 5.39 Å². The van der Waals surface area contributed by atoms with E-state index in [0.29, 0.717) is 16.7 Å². The van der Waals surface area contributed by atoms with Crippen molar-refractivity contribution < 1.29 is 18.7 Å². The second-order valence-corrected chi connectivity index (χ2v) is 7.17. The molecule has 31 heavy (non-hydrogen) atoms. The molecule has 0 saturated carbocycles. The molecule has 0 radical (unpaired) electrons. The van der Waals surface area contributed by atoms with Crippen molar-refractivity contribution >= 4 is 23.0 Å². The smallest absolute Gasteiger partial charge is 0.336 e. The number of rotatable bonds is 5. The predicted octanol–water partition coefficient (Wildman–Crippen LogP) is 5.82. The highest BCUT2D eigenvalue weighted by atomic mass is 16.5. The van der Waals surface area contributed by atoms with E-state index in [-0.39, 0.29) is 16.9 Å². The molecule has 0 fully saturated rings. The van der Waals surface area contributed by atoms with Gasteiger partial charge in [-0.2, -0.15) is 0 Å². The van der Waals surface area contributed by atoms with Gasteiger partial charge in [-0.1, -0.05) is 42.0 Å². The first-order chi connectivity index (χ1) is 15.0. The Morgan fingerprint density at radius 3 is 2.48 bits per heavy atom. The molecule has 3 aromatic carbocycles. The molecule has 4 rings (SSSR count). The first kappa shape index (κ1) is 20.2. The lowest BCUT2D eigenvalue weighted by Gasteiger charge is -2.07. The van der Waals surface area contributed by atoms with Gasteiger partial charge in [-0.3, -0.25) is 4.79 Å². The van der Waals surface area contributed by atoms with Crippen LogP contribution in [-0.2, 0) is 4.79 Å². The first-order valence-electron chi connectivity index (χ1n) is 9.74. The number of hydrogen-bond acceptors (Lipinski definition) is 5. The SMILES string of the molecule is Cc1ccc(/C=C/C(=O)Oc2ccc3c(=O)c(Oc4cccc(C)c4)coc3c2)cc1. The molecule has 5 nitrogen and oxygen atoms in total. The normalized spacial score (nSPS) is 11.0. The third kappa shape index (κ3) is 4.90. The van der Waals surface area contributed by atoms with Gasteiger partial charge in [0.15, 0.2) is 0 Å². The number of hydrogen-bond donors (Lipinski definition) is 0. The van der Waals surface area contributed by atoms with Crippen molar-refractivity contribution in [2.75, 3.05) is 0 Å². The number of esters is 1. The maximum Gasteiger partial charge on any atom is 0.336 e. The number of benzene rings is 3. The fourth-order valence-corrected chi connectivity index (χ4v) is 3.02. The third-order valence-electron chi connectivity index (χ3n) is 4.64. The maximum absolute atomic E-state index is 12.7. The average Bonchev–Trinajstić information content (AvgIpc) is 2.75. The lowest BCUT2D eigenvalue weighted by Crippen LogP contribution is -2.06. The molecule has 154 valence electrons. The molecule has 0 aliphatic rings. The van der Waals surface area contributed by atoms with Crippen LogP contribution in [0.1, 0.15) is 16.7 Å². The van der Waals surface area contributed by atoms with Crippen LogP contribution in [0.4, 0.5) is 0 Å². The summed E-state index contributed by atoms with van der Waals surface area (Å²) < 4.78 is 16.6. The standard InChI is InChI=1S/C26H20O5/c1-17-6-8-19(9-7-17)10-13-25(27)31-21-11-12-22-23(15-21)29-16-24(26(22)28)30-20-5-3-4-18(2)14-20/h3-16H,1-2H3/b13-10+. The predicted molar refractivity (Wildman–Crippen MR) is 120 cm³/mol. The van der Waals surface area contributed by atoms with E-state index in [1.165, 1.54) is 18.4 Å². The van der Waals surface area contributed by atoms with Crippen LogP contribution in [0.5, 0.6) is 17.2 Å². The van der Waals surface area contributed by atoms with E-state index in [2.05, 4.69) is 0 Å². The lowest BCUT2D eigenvalue weighted by molar-refractivity contribution is -0.128. The molecule has 0 spiro atoms. The van der Waals surface area contributed by atoms with Crippen molar-refractivity contribution in [3.8, 4) is 17.2 Å². The third-order valence-corrected chi connectivity index (χ3v) is 4.64. The molecule has 0 unspecified atom stereocenters. The van der Waals surface area contributed by atoms with Crippen LogP contribution in [0.25, 0.3) is 17.0 Å². The Labute approximate surface area is 179 Å². The van der Waals surface area contributed by atoms with E-state index in [1.54, 1.807) is 24.3 Å². The Morgan fingerprint density at radius 2 is 1.71 bits per heavy atom. The highest BCUT2D eigenvalue weighted by Gasteiger charge is 2.11. The van der Waals surface area contributed by atoms with Crippen molar-refractivity contribution in [2.45, 2.75) is 13.8 Å². The van der Waals surface area contributed by atoms with E-state index >= 15 is 0 Å². The number of fused-ring (bicyclic) bond motifs is 1. The summed E-state index contributed by atoms with van der Waals surface area (Å²) in [5.41, 5.74) is 3.05. The van der Waals surface area contributed by atoms with Crippen LogP contribution in [0.2, 0.25) is 0 Å². The molecule has 0 aliphatic carbocycles. The molecule has 1 aromatic heterocycles. The average molecular weight is 412 g/mol. The van der Waals surface area contributed by atoms with Crippen LogP contribution in [0.15, 0.2) is 88.3 Å². The molecule has 0 saturated heterocycles. The second kappa shape index (κ2) is 8.71. The number of ether oxygens (including phenoxy) is 2. The van der Waals surface area contributed by atoms with E-state index in [1.807, 2.05) is 56.3 Å². The molecule has 0 aliphatic heterocycles. The van der Waals surface area contributed by atoms with Gasteiger partial charge in [0.1, 0.15) is 23.3 Å². The summed E-state index contributed by atoms with van der Waals surface area (Å²) in [5.74, 6) is 0.393. The first-order valence-corrected chi connectivity index (χ1v) is 9.74. The molecule has 4 aromatic rings. The maximum atomic E-state index is 12.7. The fraction of sp³-hybridized carbons (Fsp3) is 0.0769. The van der Waals surface area contributed by atoms with Crippen LogP contribution >= 0.6 is 0 Å². The Morgan fingerprint density at radius 1 is 0.903 bits per heavy atom. The Kier molecular flexibility index (Phi) is 5.67. The van der Waals surface area contributed by atoms with Crippen molar-refractivity contribution in [1.82, 2.24) is 0 Å².